The first-order chi connectivity index (χ1) is 12.9. The molecule has 1 aliphatic heterocycles. The van der Waals surface area contributed by atoms with E-state index in [4.69, 9.17) is 4.74 Å². The molecule has 1 aromatic rings. The molecule has 1 saturated heterocycles. The number of esters is 1. The van der Waals surface area contributed by atoms with Crippen LogP contribution < -0.4 is 5.32 Å². The molecule has 1 fully saturated rings. The van der Waals surface area contributed by atoms with E-state index in [1.807, 2.05) is 13.8 Å². The molecule has 7 nitrogen and oxygen atoms in total. The molecule has 148 valence electrons. The van der Waals surface area contributed by atoms with Gasteiger partial charge in [0, 0.05) is 30.9 Å². The van der Waals surface area contributed by atoms with Crippen molar-refractivity contribution in [1.82, 2.24) is 4.90 Å². The number of hydrogen-bond donors (Lipinski definition) is 1. The molecule has 1 atom stereocenters. The topological polar surface area (TPSA) is 84.9 Å². The molecule has 7 heteroatoms. The molecule has 0 aromatic heterocycles. The highest BCUT2D eigenvalue weighted by atomic mass is 16.5. The van der Waals surface area contributed by atoms with Gasteiger partial charge in [-0.3, -0.25) is 14.4 Å². The second-order valence-corrected chi connectivity index (χ2v) is 7.04. The normalized spacial score (nSPS) is 16.2. The van der Waals surface area contributed by atoms with Crippen molar-refractivity contribution in [2.45, 2.75) is 39.2 Å². The summed E-state index contributed by atoms with van der Waals surface area (Å²) in [7, 11) is 1.33. The van der Waals surface area contributed by atoms with Gasteiger partial charge < -0.3 is 19.7 Å². The third-order valence-corrected chi connectivity index (χ3v) is 4.29. The first kappa shape index (κ1) is 20.9. The van der Waals surface area contributed by atoms with Gasteiger partial charge in [0.1, 0.15) is 6.10 Å². The number of nitrogens with zero attached hydrogens (tertiary/aromatic N) is 1. The minimum absolute atomic E-state index is 0.143. The third-order valence-electron chi connectivity index (χ3n) is 4.29. The van der Waals surface area contributed by atoms with E-state index < -0.39 is 6.10 Å². The van der Waals surface area contributed by atoms with E-state index in [9.17, 15) is 14.4 Å². The van der Waals surface area contributed by atoms with Crippen molar-refractivity contribution >= 4 is 23.5 Å². The van der Waals surface area contributed by atoms with Crippen molar-refractivity contribution in [2.24, 2.45) is 5.92 Å². The number of rotatable bonds is 8. The zero-order chi connectivity index (χ0) is 19.8. The molecule has 0 radical (unpaired) electrons. The van der Waals surface area contributed by atoms with Crippen LogP contribution in [-0.2, 0) is 19.1 Å². The summed E-state index contributed by atoms with van der Waals surface area (Å²) in [6.07, 6.45) is 1.30. The Bertz CT molecular complexity index is 668. The highest BCUT2D eigenvalue weighted by Crippen LogP contribution is 2.17. The maximum atomic E-state index is 12.9. The molecule has 2 rings (SSSR count). The molecular formula is C20H28N2O5. The molecule has 2 amide bonds. The van der Waals surface area contributed by atoms with Crippen LogP contribution in [0, 0.1) is 5.92 Å². The fraction of sp³-hybridized carbons (Fsp3) is 0.550. The third kappa shape index (κ3) is 6.36. The Morgan fingerprint density at radius 1 is 1.33 bits per heavy atom. The first-order valence-corrected chi connectivity index (χ1v) is 9.29. The fourth-order valence-electron chi connectivity index (χ4n) is 2.96. The Morgan fingerprint density at radius 2 is 2.11 bits per heavy atom. The smallest absolute Gasteiger partial charge is 0.307 e. The van der Waals surface area contributed by atoms with Gasteiger partial charge in [0.2, 0.25) is 0 Å². The average molecular weight is 376 g/mol. The van der Waals surface area contributed by atoms with Gasteiger partial charge in [-0.25, -0.2) is 0 Å². The Labute approximate surface area is 160 Å². The van der Waals surface area contributed by atoms with Gasteiger partial charge >= 0.3 is 5.97 Å². The highest BCUT2D eigenvalue weighted by Gasteiger charge is 2.24. The predicted octanol–water partition coefficient (Wildman–Crippen LogP) is 2.47. The largest absolute Gasteiger partial charge is 0.469 e. The summed E-state index contributed by atoms with van der Waals surface area (Å²) in [4.78, 5) is 38.2. The van der Waals surface area contributed by atoms with Gasteiger partial charge in [-0.15, -0.1) is 0 Å². The molecule has 27 heavy (non-hydrogen) atoms. The number of hydrogen-bond acceptors (Lipinski definition) is 5. The SMILES string of the molecule is COC(=O)CCN(CC(C)C)C(=O)c1cccc(NC(=O)C2CCCO2)c1. The Balaban J connectivity index is 2.07. The summed E-state index contributed by atoms with van der Waals surface area (Å²) < 4.78 is 10.0. The molecule has 1 unspecified atom stereocenters. The number of benzene rings is 1. The summed E-state index contributed by atoms with van der Waals surface area (Å²) >= 11 is 0. The lowest BCUT2D eigenvalue weighted by Crippen LogP contribution is -2.36. The van der Waals surface area contributed by atoms with Gasteiger partial charge in [0.05, 0.1) is 13.5 Å². The lowest BCUT2D eigenvalue weighted by molar-refractivity contribution is -0.140. The van der Waals surface area contributed by atoms with Gasteiger partial charge in [0.15, 0.2) is 0 Å². The summed E-state index contributed by atoms with van der Waals surface area (Å²) in [6, 6.07) is 6.83. The molecule has 1 heterocycles. The number of nitrogens with one attached hydrogen (secondary N) is 1. The van der Waals surface area contributed by atoms with E-state index in [1.165, 1.54) is 7.11 Å². The Morgan fingerprint density at radius 3 is 2.74 bits per heavy atom. The van der Waals surface area contributed by atoms with Crippen molar-refractivity contribution < 1.29 is 23.9 Å². The maximum Gasteiger partial charge on any atom is 0.307 e. The monoisotopic (exact) mass is 376 g/mol. The van der Waals surface area contributed by atoms with Crippen molar-refractivity contribution in [2.75, 3.05) is 32.1 Å². The van der Waals surface area contributed by atoms with Crippen LogP contribution in [0.2, 0.25) is 0 Å². The maximum absolute atomic E-state index is 12.9. The lowest BCUT2D eigenvalue weighted by Gasteiger charge is -2.24. The van der Waals surface area contributed by atoms with Crippen LogP contribution in [0.4, 0.5) is 5.69 Å². The minimum Gasteiger partial charge on any atom is -0.469 e. The average Bonchev–Trinajstić information content (AvgIpc) is 3.19. The summed E-state index contributed by atoms with van der Waals surface area (Å²) in [5, 5.41) is 2.81. The molecule has 0 bridgehead atoms. The molecule has 1 aliphatic rings. The Hall–Kier alpha value is -2.41. The minimum atomic E-state index is -0.429. The first-order valence-electron chi connectivity index (χ1n) is 9.29. The van der Waals surface area contributed by atoms with Crippen LogP contribution in [-0.4, -0.2) is 55.6 Å². The van der Waals surface area contributed by atoms with Gasteiger partial charge in [-0.05, 0) is 37.0 Å². The van der Waals surface area contributed by atoms with Crippen LogP contribution in [0.3, 0.4) is 0 Å². The van der Waals surface area contributed by atoms with Gasteiger partial charge in [-0.2, -0.15) is 0 Å². The number of anilines is 1. The highest BCUT2D eigenvalue weighted by molar-refractivity contribution is 5.98. The summed E-state index contributed by atoms with van der Waals surface area (Å²) in [5.74, 6) is -0.467. The van der Waals surface area contributed by atoms with Crippen molar-refractivity contribution in [3.05, 3.63) is 29.8 Å². The zero-order valence-electron chi connectivity index (χ0n) is 16.2. The standard InChI is InChI=1S/C20H28N2O5/c1-14(2)13-22(10-9-18(23)26-3)20(25)15-6-4-7-16(12-15)21-19(24)17-8-5-11-27-17/h4,6-7,12,14,17H,5,8-11,13H2,1-3H3,(H,21,24). The summed E-state index contributed by atoms with van der Waals surface area (Å²) in [6.45, 7) is 5.44. The summed E-state index contributed by atoms with van der Waals surface area (Å²) in [5.41, 5.74) is 1.02. The Kier molecular flexibility index (Phi) is 7.79. The van der Waals surface area contributed by atoms with E-state index in [-0.39, 0.29) is 36.7 Å². The van der Waals surface area contributed by atoms with Crippen molar-refractivity contribution in [3.8, 4) is 0 Å². The van der Waals surface area contributed by atoms with Crippen LogP contribution in [0.15, 0.2) is 24.3 Å². The second-order valence-electron chi connectivity index (χ2n) is 7.04. The van der Waals surface area contributed by atoms with E-state index in [0.29, 0.717) is 30.8 Å². The molecular weight excluding hydrogens is 348 g/mol. The van der Waals surface area contributed by atoms with Crippen LogP contribution in [0.5, 0.6) is 0 Å². The number of methoxy groups -OCH3 is 1. The molecule has 1 N–H and O–H groups in total. The molecule has 1 aromatic carbocycles. The number of amides is 2. The van der Waals surface area contributed by atoms with Gasteiger partial charge in [0.25, 0.3) is 11.8 Å². The van der Waals surface area contributed by atoms with Gasteiger partial charge in [-0.1, -0.05) is 19.9 Å². The van der Waals surface area contributed by atoms with E-state index in [2.05, 4.69) is 10.1 Å². The van der Waals surface area contributed by atoms with E-state index >= 15 is 0 Å². The van der Waals surface area contributed by atoms with E-state index in [0.717, 1.165) is 6.42 Å². The molecule has 0 spiro atoms. The van der Waals surface area contributed by atoms with Crippen molar-refractivity contribution in [3.63, 3.8) is 0 Å². The lowest BCUT2D eigenvalue weighted by atomic mass is 10.1. The van der Waals surface area contributed by atoms with Crippen LogP contribution in [0.25, 0.3) is 0 Å². The zero-order valence-corrected chi connectivity index (χ0v) is 16.2. The molecule has 0 aliphatic carbocycles. The predicted molar refractivity (Wildman–Crippen MR) is 101 cm³/mol. The molecule has 0 saturated carbocycles. The van der Waals surface area contributed by atoms with Crippen LogP contribution in [0.1, 0.15) is 43.5 Å². The van der Waals surface area contributed by atoms with Crippen LogP contribution >= 0.6 is 0 Å². The number of ether oxygens (including phenoxy) is 2. The van der Waals surface area contributed by atoms with E-state index in [1.54, 1.807) is 29.2 Å². The van der Waals surface area contributed by atoms with Crippen molar-refractivity contribution in [1.29, 1.82) is 0 Å². The number of carbonyl (C=O) groups excluding carboxylic acids is 3. The fourth-order valence-corrected chi connectivity index (χ4v) is 2.96. The number of carbonyl (C=O) groups is 3. The quantitative estimate of drug-likeness (QED) is 0.705. The second kappa shape index (κ2) is 10.1.